The van der Waals surface area contributed by atoms with Crippen LogP contribution in [0.15, 0.2) is 36.4 Å². The van der Waals surface area contributed by atoms with Crippen molar-refractivity contribution in [1.82, 2.24) is 0 Å². The van der Waals surface area contributed by atoms with Crippen LogP contribution < -0.4 is 4.90 Å². The van der Waals surface area contributed by atoms with E-state index in [1.165, 1.54) is 17.9 Å². The minimum absolute atomic E-state index is 0.0543. The van der Waals surface area contributed by atoms with Crippen LogP contribution in [0.3, 0.4) is 0 Å². The van der Waals surface area contributed by atoms with Crippen LogP contribution in [0.2, 0.25) is 0 Å². The molecule has 1 aromatic carbocycles. The number of ketones is 1. The first-order valence-corrected chi connectivity index (χ1v) is 5.07. The van der Waals surface area contributed by atoms with Gasteiger partial charge in [-0.1, -0.05) is 18.2 Å². The Morgan fingerprint density at radius 3 is 2.56 bits per heavy atom. The highest BCUT2D eigenvalue weighted by molar-refractivity contribution is 6.05. The maximum atomic E-state index is 11.6. The van der Waals surface area contributed by atoms with Gasteiger partial charge in [-0.3, -0.25) is 9.59 Å². The fraction of sp³-hybridized carbons (Fsp3) is 0.231. The van der Waals surface area contributed by atoms with Gasteiger partial charge in [0.1, 0.15) is 0 Å². The van der Waals surface area contributed by atoms with Crippen LogP contribution in [0.5, 0.6) is 0 Å². The number of allylic oxidation sites excluding steroid dienone is 2. The van der Waals surface area contributed by atoms with Crippen LogP contribution in [0.25, 0.3) is 0 Å². The summed E-state index contributed by atoms with van der Waals surface area (Å²) < 4.78 is 0. The third kappa shape index (κ3) is 2.79. The van der Waals surface area contributed by atoms with Crippen LogP contribution >= 0.6 is 0 Å². The number of hydrogen-bond acceptors (Lipinski definition) is 2. The van der Waals surface area contributed by atoms with E-state index in [9.17, 15) is 9.59 Å². The molecule has 0 radical (unpaired) electrons. The summed E-state index contributed by atoms with van der Waals surface area (Å²) in [7, 11) is 1.68. The van der Waals surface area contributed by atoms with Crippen molar-refractivity contribution in [3.05, 3.63) is 42.0 Å². The van der Waals surface area contributed by atoms with E-state index in [-0.39, 0.29) is 11.7 Å². The fourth-order valence-electron chi connectivity index (χ4n) is 1.30. The van der Waals surface area contributed by atoms with Gasteiger partial charge in [-0.2, -0.15) is 0 Å². The fourth-order valence-corrected chi connectivity index (χ4v) is 1.30. The lowest BCUT2D eigenvalue weighted by Crippen LogP contribution is -2.22. The number of amides is 1. The topological polar surface area (TPSA) is 37.4 Å². The highest BCUT2D eigenvalue weighted by Gasteiger charge is 2.08. The molecule has 0 N–H and O–H groups in total. The number of nitrogens with zero attached hydrogens (tertiary/aromatic N) is 1. The van der Waals surface area contributed by atoms with Gasteiger partial charge in [0.05, 0.1) is 0 Å². The molecule has 0 fully saturated rings. The lowest BCUT2D eigenvalue weighted by atomic mass is 10.1. The molecule has 0 heterocycles. The number of carbonyl (C=O) groups is 2. The molecular weight excluding hydrogens is 202 g/mol. The minimum Gasteiger partial charge on any atom is -0.316 e. The SMILES string of the molecule is C/C=C/C(=O)c1cccc(N(C)C(C)=O)c1. The summed E-state index contributed by atoms with van der Waals surface area (Å²) in [5.74, 6) is -0.114. The lowest BCUT2D eigenvalue weighted by molar-refractivity contribution is -0.116. The molecule has 3 nitrogen and oxygen atoms in total. The predicted molar refractivity (Wildman–Crippen MR) is 64.7 cm³/mol. The first-order valence-electron chi connectivity index (χ1n) is 5.07. The molecule has 0 aliphatic rings. The molecule has 0 aromatic heterocycles. The first-order chi connectivity index (χ1) is 7.56. The van der Waals surface area contributed by atoms with E-state index in [2.05, 4.69) is 0 Å². The Morgan fingerprint density at radius 2 is 2.00 bits per heavy atom. The lowest BCUT2D eigenvalue weighted by Gasteiger charge is -2.15. The number of hydrogen-bond donors (Lipinski definition) is 0. The Bertz CT molecular complexity index is 435. The van der Waals surface area contributed by atoms with Gasteiger partial charge in [0.25, 0.3) is 0 Å². The average molecular weight is 217 g/mol. The average Bonchev–Trinajstić information content (AvgIpc) is 2.28. The first kappa shape index (κ1) is 12.2. The molecule has 0 aliphatic carbocycles. The summed E-state index contributed by atoms with van der Waals surface area (Å²) in [6.07, 6.45) is 3.20. The molecule has 1 aromatic rings. The molecule has 84 valence electrons. The van der Waals surface area contributed by atoms with Gasteiger partial charge in [-0.15, -0.1) is 0 Å². The predicted octanol–water partition coefficient (Wildman–Crippen LogP) is 2.43. The van der Waals surface area contributed by atoms with Gasteiger partial charge in [0, 0.05) is 25.2 Å². The molecular formula is C13H15NO2. The number of carbonyl (C=O) groups excluding carboxylic acids is 2. The molecule has 16 heavy (non-hydrogen) atoms. The van der Waals surface area contributed by atoms with Gasteiger partial charge in [-0.25, -0.2) is 0 Å². The third-order valence-electron chi connectivity index (χ3n) is 2.31. The summed E-state index contributed by atoms with van der Waals surface area (Å²) in [6.45, 7) is 3.28. The van der Waals surface area contributed by atoms with Gasteiger partial charge < -0.3 is 4.90 Å². The highest BCUT2D eigenvalue weighted by atomic mass is 16.2. The van der Waals surface area contributed by atoms with E-state index >= 15 is 0 Å². The molecule has 0 saturated carbocycles. The summed E-state index contributed by atoms with van der Waals surface area (Å²) in [5.41, 5.74) is 1.31. The van der Waals surface area contributed by atoms with E-state index < -0.39 is 0 Å². The van der Waals surface area contributed by atoms with Crippen LogP contribution in [-0.2, 0) is 4.79 Å². The van der Waals surface area contributed by atoms with Crippen molar-refractivity contribution in [3.63, 3.8) is 0 Å². The summed E-state index contributed by atoms with van der Waals surface area (Å²) >= 11 is 0. The Labute approximate surface area is 95.4 Å². The van der Waals surface area contributed by atoms with Gasteiger partial charge in [0.2, 0.25) is 5.91 Å². The van der Waals surface area contributed by atoms with E-state index in [0.717, 1.165) is 5.69 Å². The van der Waals surface area contributed by atoms with E-state index in [4.69, 9.17) is 0 Å². The normalized spacial score (nSPS) is 10.4. The molecule has 0 spiro atoms. The number of benzene rings is 1. The largest absolute Gasteiger partial charge is 0.316 e. The highest BCUT2D eigenvalue weighted by Crippen LogP contribution is 2.15. The van der Waals surface area contributed by atoms with Gasteiger partial charge >= 0.3 is 0 Å². The second kappa shape index (κ2) is 5.26. The van der Waals surface area contributed by atoms with Crippen molar-refractivity contribution in [1.29, 1.82) is 0 Å². The molecule has 0 unspecified atom stereocenters. The molecule has 0 aliphatic heterocycles. The van der Waals surface area contributed by atoms with Crippen LogP contribution in [0.1, 0.15) is 24.2 Å². The quantitative estimate of drug-likeness (QED) is 0.576. The Hall–Kier alpha value is -1.90. The molecule has 0 atom stereocenters. The summed E-state index contributed by atoms with van der Waals surface area (Å²) in [6, 6.07) is 7.02. The van der Waals surface area contributed by atoms with Crippen LogP contribution in [-0.4, -0.2) is 18.7 Å². The second-order valence-corrected chi connectivity index (χ2v) is 3.49. The Morgan fingerprint density at radius 1 is 1.31 bits per heavy atom. The van der Waals surface area contributed by atoms with E-state index in [0.29, 0.717) is 5.56 Å². The van der Waals surface area contributed by atoms with Crippen LogP contribution in [0, 0.1) is 0 Å². The Kier molecular flexibility index (Phi) is 4.00. The van der Waals surface area contributed by atoms with Crippen molar-refractivity contribution < 1.29 is 9.59 Å². The molecule has 0 bridgehead atoms. The van der Waals surface area contributed by atoms with Gasteiger partial charge in [0.15, 0.2) is 5.78 Å². The zero-order valence-electron chi connectivity index (χ0n) is 9.73. The van der Waals surface area contributed by atoms with Gasteiger partial charge in [-0.05, 0) is 25.1 Å². The van der Waals surface area contributed by atoms with Crippen molar-refractivity contribution in [2.24, 2.45) is 0 Å². The van der Waals surface area contributed by atoms with Crippen LogP contribution in [0.4, 0.5) is 5.69 Å². The van der Waals surface area contributed by atoms with Crippen molar-refractivity contribution in [2.75, 3.05) is 11.9 Å². The standard InChI is InChI=1S/C13H15NO2/c1-4-6-13(16)11-7-5-8-12(9-11)14(3)10(2)15/h4-9H,1-3H3/b6-4+. The molecule has 0 saturated heterocycles. The van der Waals surface area contributed by atoms with Crippen molar-refractivity contribution >= 4 is 17.4 Å². The zero-order valence-corrected chi connectivity index (χ0v) is 9.73. The van der Waals surface area contributed by atoms with Crippen molar-refractivity contribution in [2.45, 2.75) is 13.8 Å². The Balaban J connectivity index is 3.04. The van der Waals surface area contributed by atoms with E-state index in [1.807, 2.05) is 0 Å². The monoisotopic (exact) mass is 217 g/mol. The second-order valence-electron chi connectivity index (χ2n) is 3.49. The minimum atomic E-state index is -0.0596. The number of anilines is 1. The summed E-state index contributed by atoms with van der Waals surface area (Å²) in [5, 5.41) is 0. The van der Waals surface area contributed by atoms with E-state index in [1.54, 1.807) is 44.3 Å². The maximum Gasteiger partial charge on any atom is 0.223 e. The molecule has 1 amide bonds. The smallest absolute Gasteiger partial charge is 0.223 e. The van der Waals surface area contributed by atoms with Crippen molar-refractivity contribution in [3.8, 4) is 0 Å². The summed E-state index contributed by atoms with van der Waals surface area (Å²) in [4.78, 5) is 24.3. The zero-order chi connectivity index (χ0) is 12.1. The number of rotatable bonds is 3. The molecule has 3 heteroatoms. The maximum absolute atomic E-state index is 11.6. The molecule has 1 rings (SSSR count). The third-order valence-corrected chi connectivity index (χ3v) is 2.31.